The molecule has 4 heteroatoms. The van der Waals surface area contributed by atoms with E-state index in [9.17, 15) is 4.79 Å². The predicted molar refractivity (Wildman–Crippen MR) is 83.4 cm³/mol. The van der Waals surface area contributed by atoms with E-state index in [2.05, 4.69) is 10.5 Å². The second-order valence-electron chi connectivity index (χ2n) is 4.72. The minimum atomic E-state index is -0.611. The molecule has 2 aromatic carbocycles. The van der Waals surface area contributed by atoms with Gasteiger partial charge in [0.2, 0.25) is 0 Å². The van der Waals surface area contributed by atoms with Crippen LogP contribution in [0.5, 0.6) is 5.75 Å². The maximum atomic E-state index is 11.9. The van der Waals surface area contributed by atoms with Crippen LogP contribution in [0.2, 0.25) is 0 Å². The summed E-state index contributed by atoms with van der Waals surface area (Å²) in [7, 11) is 0. The van der Waals surface area contributed by atoms with Crippen molar-refractivity contribution in [2.75, 3.05) is 0 Å². The van der Waals surface area contributed by atoms with Crippen LogP contribution in [-0.4, -0.2) is 18.2 Å². The Morgan fingerprint density at radius 3 is 2.67 bits per heavy atom. The Labute approximate surface area is 124 Å². The second kappa shape index (κ2) is 7.24. The third-order valence-corrected chi connectivity index (χ3v) is 2.86. The Kier molecular flexibility index (Phi) is 5.10. The van der Waals surface area contributed by atoms with Crippen molar-refractivity contribution in [3.05, 3.63) is 65.7 Å². The first-order valence-electron chi connectivity index (χ1n) is 6.76. The smallest absolute Gasteiger partial charge is 0.280 e. The molecule has 0 bridgehead atoms. The molecule has 0 aliphatic rings. The van der Waals surface area contributed by atoms with Crippen LogP contribution in [0.3, 0.4) is 0 Å². The van der Waals surface area contributed by atoms with E-state index in [1.165, 1.54) is 0 Å². The summed E-state index contributed by atoms with van der Waals surface area (Å²) in [5.74, 6) is 0.383. The number of rotatable bonds is 5. The summed E-state index contributed by atoms with van der Waals surface area (Å²) in [6.45, 7) is 3.66. The first kappa shape index (κ1) is 14.8. The number of benzene rings is 2. The quantitative estimate of drug-likeness (QED) is 0.677. The maximum Gasteiger partial charge on any atom is 0.280 e. The van der Waals surface area contributed by atoms with Crippen molar-refractivity contribution in [1.82, 2.24) is 5.43 Å². The number of nitrogens with zero attached hydrogens (tertiary/aromatic N) is 1. The topological polar surface area (TPSA) is 50.7 Å². The van der Waals surface area contributed by atoms with Gasteiger partial charge in [0, 0.05) is 0 Å². The highest BCUT2D eigenvalue weighted by atomic mass is 16.5. The molecule has 1 amide bonds. The Balaban J connectivity index is 1.87. The van der Waals surface area contributed by atoms with E-state index in [1.54, 1.807) is 13.1 Å². The van der Waals surface area contributed by atoms with Crippen LogP contribution >= 0.6 is 0 Å². The molecule has 0 fully saturated rings. The highest BCUT2D eigenvalue weighted by molar-refractivity contribution is 5.84. The molecule has 0 radical (unpaired) electrons. The molecule has 0 spiro atoms. The molecule has 1 atom stereocenters. The molecule has 2 rings (SSSR count). The van der Waals surface area contributed by atoms with Gasteiger partial charge in [0.25, 0.3) is 5.91 Å². The molecule has 1 N–H and O–H groups in total. The lowest BCUT2D eigenvalue weighted by atomic mass is 10.2. The molecular formula is C17H18N2O2. The number of ether oxygens (including phenoxy) is 1. The fraction of sp³-hybridized carbons (Fsp3) is 0.176. The lowest BCUT2D eigenvalue weighted by Gasteiger charge is -2.13. The van der Waals surface area contributed by atoms with Crippen molar-refractivity contribution in [2.45, 2.75) is 20.0 Å². The molecule has 0 heterocycles. The van der Waals surface area contributed by atoms with E-state index in [4.69, 9.17) is 4.74 Å². The van der Waals surface area contributed by atoms with E-state index in [-0.39, 0.29) is 5.91 Å². The highest BCUT2D eigenvalue weighted by Crippen LogP contribution is 2.14. The second-order valence-corrected chi connectivity index (χ2v) is 4.72. The van der Waals surface area contributed by atoms with Gasteiger partial charge in [-0.15, -0.1) is 0 Å². The standard InChI is InChI=1S/C17H18N2O2/c1-13-7-6-10-16(11-13)21-14(2)17(20)19-18-12-15-8-4-3-5-9-15/h3-12,14H,1-2H3,(H,19,20). The number of carbonyl (C=O) groups is 1. The number of nitrogens with one attached hydrogen (secondary N) is 1. The number of hydrazone groups is 1. The van der Waals surface area contributed by atoms with Gasteiger partial charge < -0.3 is 4.74 Å². The molecule has 0 aromatic heterocycles. The van der Waals surface area contributed by atoms with Crippen molar-refractivity contribution in [2.24, 2.45) is 5.10 Å². The van der Waals surface area contributed by atoms with Crippen molar-refractivity contribution in [3.63, 3.8) is 0 Å². The fourth-order valence-corrected chi connectivity index (χ4v) is 1.75. The van der Waals surface area contributed by atoms with Crippen molar-refractivity contribution in [1.29, 1.82) is 0 Å². The van der Waals surface area contributed by atoms with Gasteiger partial charge in [0.1, 0.15) is 5.75 Å². The summed E-state index contributed by atoms with van der Waals surface area (Å²) < 4.78 is 5.57. The number of aryl methyl sites for hydroxylation is 1. The average molecular weight is 282 g/mol. The molecule has 0 saturated carbocycles. The van der Waals surface area contributed by atoms with Crippen LogP contribution in [0.15, 0.2) is 59.7 Å². The molecule has 108 valence electrons. The minimum absolute atomic E-state index is 0.288. The third-order valence-electron chi connectivity index (χ3n) is 2.86. The molecule has 0 aliphatic heterocycles. The van der Waals surface area contributed by atoms with Crippen LogP contribution in [0, 0.1) is 6.92 Å². The zero-order valence-electron chi connectivity index (χ0n) is 12.1. The van der Waals surface area contributed by atoms with Crippen molar-refractivity contribution < 1.29 is 9.53 Å². The summed E-state index contributed by atoms with van der Waals surface area (Å²) in [6.07, 6.45) is 0.983. The summed E-state index contributed by atoms with van der Waals surface area (Å²) in [5.41, 5.74) is 4.48. The van der Waals surface area contributed by atoms with Gasteiger partial charge in [-0.1, -0.05) is 42.5 Å². The van der Waals surface area contributed by atoms with Gasteiger partial charge in [-0.25, -0.2) is 5.43 Å². The summed E-state index contributed by atoms with van der Waals surface area (Å²) in [4.78, 5) is 11.9. The minimum Gasteiger partial charge on any atom is -0.481 e. The largest absolute Gasteiger partial charge is 0.481 e. The highest BCUT2D eigenvalue weighted by Gasteiger charge is 2.13. The van der Waals surface area contributed by atoms with Crippen LogP contribution in [0.25, 0.3) is 0 Å². The van der Waals surface area contributed by atoms with E-state index in [0.29, 0.717) is 5.75 Å². The Hall–Kier alpha value is -2.62. The fourth-order valence-electron chi connectivity index (χ4n) is 1.75. The predicted octanol–water partition coefficient (Wildman–Crippen LogP) is 2.91. The van der Waals surface area contributed by atoms with Crippen LogP contribution in [-0.2, 0) is 4.79 Å². The van der Waals surface area contributed by atoms with E-state index >= 15 is 0 Å². The molecule has 1 unspecified atom stereocenters. The van der Waals surface area contributed by atoms with Crippen LogP contribution in [0.1, 0.15) is 18.1 Å². The first-order chi connectivity index (χ1) is 10.1. The van der Waals surface area contributed by atoms with Gasteiger partial charge in [0.15, 0.2) is 6.10 Å². The van der Waals surface area contributed by atoms with Gasteiger partial charge in [-0.3, -0.25) is 4.79 Å². The van der Waals surface area contributed by atoms with Crippen molar-refractivity contribution in [3.8, 4) is 5.75 Å². The van der Waals surface area contributed by atoms with E-state index in [1.807, 2.05) is 61.5 Å². The van der Waals surface area contributed by atoms with Crippen molar-refractivity contribution >= 4 is 12.1 Å². The number of hydrogen-bond acceptors (Lipinski definition) is 3. The SMILES string of the molecule is Cc1cccc(OC(C)C(=O)NN=Cc2ccccc2)c1. The molecule has 0 aliphatic carbocycles. The zero-order valence-corrected chi connectivity index (χ0v) is 12.1. The Morgan fingerprint density at radius 2 is 1.95 bits per heavy atom. The molecular weight excluding hydrogens is 264 g/mol. The number of carbonyl (C=O) groups excluding carboxylic acids is 1. The molecule has 4 nitrogen and oxygen atoms in total. The summed E-state index contributed by atoms with van der Waals surface area (Å²) >= 11 is 0. The molecule has 21 heavy (non-hydrogen) atoms. The number of amides is 1. The normalized spacial score (nSPS) is 12.1. The summed E-state index contributed by atoms with van der Waals surface area (Å²) in [6, 6.07) is 17.1. The lowest BCUT2D eigenvalue weighted by molar-refractivity contribution is -0.127. The van der Waals surface area contributed by atoms with Gasteiger partial charge >= 0.3 is 0 Å². The van der Waals surface area contributed by atoms with Gasteiger partial charge in [-0.2, -0.15) is 5.10 Å². The maximum absolute atomic E-state index is 11.9. The number of hydrogen-bond donors (Lipinski definition) is 1. The Bertz CT molecular complexity index is 624. The molecule has 2 aromatic rings. The van der Waals surface area contributed by atoms with Gasteiger partial charge in [-0.05, 0) is 37.1 Å². The summed E-state index contributed by atoms with van der Waals surface area (Å²) in [5, 5.41) is 3.92. The van der Waals surface area contributed by atoms with E-state index in [0.717, 1.165) is 11.1 Å². The van der Waals surface area contributed by atoms with Gasteiger partial charge in [0.05, 0.1) is 6.21 Å². The van der Waals surface area contributed by atoms with Crippen LogP contribution in [0.4, 0.5) is 0 Å². The monoisotopic (exact) mass is 282 g/mol. The average Bonchev–Trinajstić information content (AvgIpc) is 2.48. The third kappa shape index (κ3) is 4.76. The van der Waals surface area contributed by atoms with E-state index < -0.39 is 6.10 Å². The Morgan fingerprint density at radius 1 is 1.19 bits per heavy atom. The zero-order chi connectivity index (χ0) is 15.1. The lowest BCUT2D eigenvalue weighted by Crippen LogP contribution is -2.33. The first-order valence-corrected chi connectivity index (χ1v) is 6.76. The van der Waals surface area contributed by atoms with Crippen LogP contribution < -0.4 is 10.2 Å². The molecule has 0 saturated heterocycles.